The third-order valence-corrected chi connectivity index (χ3v) is 7.23. The third-order valence-electron chi connectivity index (χ3n) is 7.23. The van der Waals surface area contributed by atoms with Gasteiger partial charge in [-0.3, -0.25) is 24.0 Å². The number of likely N-dealkylation sites (N-methyl/N-ethyl adjacent to an activating group) is 1. The van der Waals surface area contributed by atoms with Crippen LogP contribution < -0.4 is 10.6 Å². The molecular weight excluding hydrogens is 424 g/mol. The van der Waals surface area contributed by atoms with Gasteiger partial charge in [0.1, 0.15) is 11.2 Å². The minimum atomic E-state index is -1.06. The van der Waals surface area contributed by atoms with E-state index in [1.165, 1.54) is 28.5 Å². The number of fused-ring (bicyclic) bond motifs is 1. The van der Waals surface area contributed by atoms with Crippen molar-refractivity contribution >= 4 is 17.7 Å². The molecule has 0 aromatic carbocycles. The Balaban J connectivity index is 1.40. The largest absolute Gasteiger partial charge is 0.379 e. The summed E-state index contributed by atoms with van der Waals surface area (Å²) in [4.78, 5) is 42.7. The zero-order valence-electron chi connectivity index (χ0n) is 19.8. The summed E-state index contributed by atoms with van der Waals surface area (Å²) < 4.78 is 6.84. The Bertz CT molecular complexity index is 872. The Labute approximate surface area is 195 Å². The van der Waals surface area contributed by atoms with Crippen LogP contribution in [0.3, 0.4) is 0 Å². The summed E-state index contributed by atoms with van der Waals surface area (Å²) in [7, 11) is 1.65. The monoisotopic (exact) mass is 460 g/mol. The molecule has 2 aliphatic heterocycles. The van der Waals surface area contributed by atoms with Crippen LogP contribution in [0.1, 0.15) is 66.4 Å². The van der Waals surface area contributed by atoms with E-state index in [0.29, 0.717) is 25.5 Å². The van der Waals surface area contributed by atoms with Gasteiger partial charge in [0.15, 0.2) is 5.69 Å². The summed E-state index contributed by atoms with van der Waals surface area (Å²) in [6.45, 7) is 6.36. The first-order valence-electron chi connectivity index (χ1n) is 12.1. The van der Waals surface area contributed by atoms with E-state index in [1.54, 1.807) is 14.0 Å². The standard InChI is InChI=1S/C23H36N6O4/c1-23(22(32)25-17-7-5-3-4-6-8-17)16-29-19(21(31)27(23)2)15-18(26-29)20(30)24-9-10-28-11-13-33-14-12-28/h15,17H,3-14,16H2,1-2H3,(H,24,30)(H,25,32)/t23-/m1/s1. The molecule has 3 heterocycles. The van der Waals surface area contributed by atoms with Crippen molar-refractivity contribution in [3.63, 3.8) is 0 Å². The highest BCUT2D eigenvalue weighted by molar-refractivity contribution is 6.01. The first kappa shape index (κ1) is 23.7. The molecule has 3 amide bonds. The Hall–Kier alpha value is -2.46. The van der Waals surface area contributed by atoms with E-state index in [-0.39, 0.29) is 36.0 Å². The summed E-state index contributed by atoms with van der Waals surface area (Å²) in [5.74, 6) is -0.784. The van der Waals surface area contributed by atoms with Gasteiger partial charge in [0.2, 0.25) is 5.91 Å². The van der Waals surface area contributed by atoms with E-state index in [9.17, 15) is 14.4 Å². The minimum absolute atomic E-state index is 0.146. The molecule has 10 heteroatoms. The van der Waals surface area contributed by atoms with Gasteiger partial charge in [0.05, 0.1) is 19.8 Å². The summed E-state index contributed by atoms with van der Waals surface area (Å²) in [6, 6.07) is 1.67. The molecule has 0 spiro atoms. The fourth-order valence-electron chi connectivity index (χ4n) is 4.85. The first-order valence-corrected chi connectivity index (χ1v) is 12.1. The van der Waals surface area contributed by atoms with Gasteiger partial charge in [-0.2, -0.15) is 5.10 Å². The molecule has 2 fully saturated rings. The number of carbonyl (C=O) groups excluding carboxylic acids is 3. The fourth-order valence-corrected chi connectivity index (χ4v) is 4.85. The Morgan fingerprint density at radius 1 is 1.18 bits per heavy atom. The van der Waals surface area contributed by atoms with Gasteiger partial charge < -0.3 is 20.3 Å². The van der Waals surface area contributed by atoms with Gasteiger partial charge >= 0.3 is 0 Å². The SMILES string of the molecule is CN1C(=O)c2cc(C(=O)NCCN3CCOCC3)nn2C[C@]1(C)C(=O)NC1CCCCCC1. The van der Waals surface area contributed by atoms with Crippen molar-refractivity contribution in [1.82, 2.24) is 30.2 Å². The molecule has 0 bridgehead atoms. The predicted molar refractivity (Wildman–Crippen MR) is 122 cm³/mol. The van der Waals surface area contributed by atoms with Gasteiger partial charge in [0.25, 0.3) is 11.8 Å². The summed E-state index contributed by atoms with van der Waals surface area (Å²) >= 11 is 0. The third kappa shape index (κ3) is 5.22. The molecule has 0 radical (unpaired) electrons. The maximum Gasteiger partial charge on any atom is 0.272 e. The molecule has 1 aromatic rings. The van der Waals surface area contributed by atoms with Crippen molar-refractivity contribution < 1.29 is 19.1 Å². The quantitative estimate of drug-likeness (QED) is 0.603. The van der Waals surface area contributed by atoms with Gasteiger partial charge in [-0.05, 0) is 19.8 Å². The number of morpholine rings is 1. The van der Waals surface area contributed by atoms with Crippen molar-refractivity contribution in [2.24, 2.45) is 0 Å². The zero-order valence-corrected chi connectivity index (χ0v) is 19.8. The number of aromatic nitrogens is 2. The maximum atomic E-state index is 13.3. The van der Waals surface area contributed by atoms with Gasteiger partial charge in [0, 0.05) is 45.3 Å². The lowest BCUT2D eigenvalue weighted by molar-refractivity contribution is -0.133. The van der Waals surface area contributed by atoms with Crippen LogP contribution in [-0.4, -0.2) is 95.3 Å². The second kappa shape index (κ2) is 10.2. The number of ether oxygens (including phenoxy) is 1. The molecule has 3 aliphatic rings. The number of hydrogen-bond donors (Lipinski definition) is 2. The molecule has 1 aliphatic carbocycles. The highest BCUT2D eigenvalue weighted by atomic mass is 16.5. The molecule has 2 N–H and O–H groups in total. The minimum Gasteiger partial charge on any atom is -0.379 e. The predicted octanol–water partition coefficient (Wildman–Crippen LogP) is 0.628. The Kier molecular flexibility index (Phi) is 7.33. The highest BCUT2D eigenvalue weighted by Crippen LogP contribution is 2.27. The lowest BCUT2D eigenvalue weighted by atomic mass is 9.95. The molecular formula is C23H36N6O4. The van der Waals surface area contributed by atoms with E-state index in [0.717, 1.165) is 45.3 Å². The van der Waals surface area contributed by atoms with E-state index in [2.05, 4.69) is 20.6 Å². The van der Waals surface area contributed by atoms with Crippen LogP contribution in [0.2, 0.25) is 0 Å². The molecule has 0 unspecified atom stereocenters. The average Bonchev–Trinajstić information content (AvgIpc) is 3.06. The molecule has 1 atom stereocenters. The van der Waals surface area contributed by atoms with E-state index < -0.39 is 5.54 Å². The topological polar surface area (TPSA) is 109 Å². The van der Waals surface area contributed by atoms with Crippen LogP contribution in [0.25, 0.3) is 0 Å². The number of nitrogens with one attached hydrogen (secondary N) is 2. The van der Waals surface area contributed by atoms with E-state index in [1.807, 2.05) is 0 Å². The number of amides is 3. The highest BCUT2D eigenvalue weighted by Gasteiger charge is 2.46. The molecule has 182 valence electrons. The zero-order chi connectivity index (χ0) is 23.4. The van der Waals surface area contributed by atoms with Crippen molar-refractivity contribution in [3.8, 4) is 0 Å². The second-order valence-corrected chi connectivity index (χ2v) is 9.58. The molecule has 1 saturated heterocycles. The number of carbonyl (C=O) groups is 3. The van der Waals surface area contributed by atoms with Crippen LogP contribution in [-0.2, 0) is 16.1 Å². The van der Waals surface area contributed by atoms with Crippen LogP contribution in [0.15, 0.2) is 6.07 Å². The summed E-state index contributed by atoms with van der Waals surface area (Å²) in [5, 5.41) is 10.4. The lowest BCUT2D eigenvalue weighted by Crippen LogP contribution is -2.63. The van der Waals surface area contributed by atoms with E-state index >= 15 is 0 Å². The van der Waals surface area contributed by atoms with Crippen molar-refractivity contribution in [3.05, 3.63) is 17.5 Å². The first-order chi connectivity index (χ1) is 15.9. The summed E-state index contributed by atoms with van der Waals surface area (Å²) in [6.07, 6.45) is 6.59. The number of nitrogens with zero attached hydrogens (tertiary/aromatic N) is 4. The van der Waals surface area contributed by atoms with Crippen LogP contribution in [0.4, 0.5) is 0 Å². The number of hydrogen-bond acceptors (Lipinski definition) is 6. The van der Waals surface area contributed by atoms with Crippen LogP contribution in [0, 0.1) is 0 Å². The average molecular weight is 461 g/mol. The van der Waals surface area contributed by atoms with Crippen molar-refractivity contribution in [2.75, 3.05) is 46.4 Å². The molecule has 1 aromatic heterocycles. The molecule has 33 heavy (non-hydrogen) atoms. The van der Waals surface area contributed by atoms with Crippen molar-refractivity contribution in [2.45, 2.75) is 63.6 Å². The van der Waals surface area contributed by atoms with Gasteiger partial charge in [-0.1, -0.05) is 25.7 Å². The molecule has 10 nitrogen and oxygen atoms in total. The van der Waals surface area contributed by atoms with Gasteiger partial charge in [-0.15, -0.1) is 0 Å². The second-order valence-electron chi connectivity index (χ2n) is 9.58. The molecule has 4 rings (SSSR count). The van der Waals surface area contributed by atoms with E-state index in [4.69, 9.17) is 4.74 Å². The Morgan fingerprint density at radius 2 is 1.88 bits per heavy atom. The Morgan fingerprint density at radius 3 is 2.58 bits per heavy atom. The normalized spacial score (nSPS) is 24.8. The van der Waals surface area contributed by atoms with Crippen molar-refractivity contribution in [1.29, 1.82) is 0 Å². The lowest BCUT2D eigenvalue weighted by Gasteiger charge is -2.41. The number of rotatable bonds is 6. The summed E-state index contributed by atoms with van der Waals surface area (Å²) in [5.41, 5.74) is -0.537. The smallest absolute Gasteiger partial charge is 0.272 e. The maximum absolute atomic E-state index is 13.3. The van der Waals surface area contributed by atoms with Crippen LogP contribution in [0.5, 0.6) is 0 Å². The van der Waals surface area contributed by atoms with Gasteiger partial charge in [-0.25, -0.2) is 0 Å². The molecule has 1 saturated carbocycles. The van der Waals surface area contributed by atoms with Crippen LogP contribution >= 0.6 is 0 Å². The fraction of sp³-hybridized carbons (Fsp3) is 0.739.